The Balaban J connectivity index is 0.693. The minimum absolute atomic E-state index is 0.0235. The molecular weight excluding hydrogens is 997 g/mol. The van der Waals surface area contributed by atoms with Gasteiger partial charge in [0.1, 0.15) is 36.6 Å². The van der Waals surface area contributed by atoms with Gasteiger partial charge in [0.15, 0.2) is 31.5 Å². The monoisotopic (exact) mass is 1080 g/mol. The van der Waals surface area contributed by atoms with Gasteiger partial charge in [-0.15, -0.1) is 0 Å². The molecule has 8 fully saturated rings. The molecule has 3 N–H and O–H groups in total. The van der Waals surface area contributed by atoms with E-state index in [1.807, 2.05) is 34.6 Å². The van der Waals surface area contributed by atoms with Crippen LogP contribution < -0.4 is 0 Å². The highest BCUT2D eigenvalue weighted by atomic mass is 16.8. The minimum atomic E-state index is -0.942. The van der Waals surface area contributed by atoms with E-state index in [2.05, 4.69) is 13.0 Å². The second kappa shape index (κ2) is 23.5. The maximum Gasteiger partial charge on any atom is 0.309 e. The summed E-state index contributed by atoms with van der Waals surface area (Å²) in [6.07, 6.45) is -4.68. The fourth-order valence-electron chi connectivity index (χ4n) is 14.5. The van der Waals surface area contributed by atoms with Crippen LogP contribution in [0.15, 0.2) is 23.5 Å². The molecule has 0 aromatic rings. The van der Waals surface area contributed by atoms with Gasteiger partial charge in [0.2, 0.25) is 5.79 Å². The SMILES string of the molecule is CO[C@H]1C[C@H](O[C@H]2[C@@H](O)C[C@H](O[C@@H]3[C@H](C)O[C@@H](O[C@H]4[C@@H](OC)C[C@H](O[C@@H]5CC6=CC[C@H]7C(=O)O[C@@H]8CO[C@]9(C)OC=C(CC[C@@H]7[C@@]6(C)C[C@H]5O)[C@H]89)O[C@@H]4C)C[C@H]3OC)O[C@@H]2C)O[C@H](C)[C@H]1O[C@H]1C[C@@H](OC)[C@@H](O)[C@H](C)O1. The van der Waals surface area contributed by atoms with Crippen LogP contribution in [0, 0.1) is 23.2 Å². The number of esters is 1. The number of rotatable bonds is 14. The van der Waals surface area contributed by atoms with E-state index < -0.39 is 146 Å². The van der Waals surface area contributed by atoms with Gasteiger partial charge < -0.3 is 95.8 Å². The molecule has 0 spiro atoms. The van der Waals surface area contributed by atoms with Crippen LogP contribution >= 0.6 is 0 Å². The summed E-state index contributed by atoms with van der Waals surface area (Å²) < 4.78 is 106. The third-order valence-corrected chi connectivity index (χ3v) is 18.7. The first-order valence-electron chi connectivity index (χ1n) is 27.9. The number of aliphatic hydroxyl groups excluding tert-OH is 3. The molecule has 0 bridgehead atoms. The molecule has 10 aliphatic rings. The number of hydrogen-bond acceptors (Lipinski definition) is 21. The lowest BCUT2D eigenvalue weighted by Gasteiger charge is -2.52. The summed E-state index contributed by atoms with van der Waals surface area (Å²) in [5.41, 5.74) is 1.89. The number of aliphatic hydroxyl groups is 3. The number of ether oxygens (including phenoxy) is 17. The van der Waals surface area contributed by atoms with E-state index in [0.717, 1.165) is 18.4 Å². The highest BCUT2D eigenvalue weighted by molar-refractivity contribution is 5.74. The van der Waals surface area contributed by atoms with Crippen molar-refractivity contribution in [2.24, 2.45) is 23.2 Å². The number of fused-ring (bicyclic) bond motifs is 3. The molecule has 7 saturated heterocycles. The van der Waals surface area contributed by atoms with Crippen molar-refractivity contribution in [1.82, 2.24) is 0 Å². The van der Waals surface area contributed by atoms with E-state index in [1.54, 1.807) is 41.6 Å². The van der Waals surface area contributed by atoms with Crippen LogP contribution in [0.1, 0.15) is 113 Å². The Bertz CT molecular complexity index is 2030. The van der Waals surface area contributed by atoms with Gasteiger partial charge in [0, 0.05) is 67.5 Å². The molecule has 8 heterocycles. The summed E-state index contributed by atoms with van der Waals surface area (Å²) in [4.78, 5) is 13.8. The summed E-state index contributed by atoms with van der Waals surface area (Å²) >= 11 is 0. The van der Waals surface area contributed by atoms with Crippen molar-refractivity contribution in [3.8, 4) is 0 Å². The second-order valence-electron chi connectivity index (χ2n) is 23.5. The second-order valence-corrected chi connectivity index (χ2v) is 23.5. The first-order valence-corrected chi connectivity index (χ1v) is 27.9. The van der Waals surface area contributed by atoms with E-state index in [9.17, 15) is 20.1 Å². The highest BCUT2D eigenvalue weighted by Crippen LogP contribution is 2.57. The fourth-order valence-corrected chi connectivity index (χ4v) is 14.5. The molecule has 0 aromatic heterocycles. The fraction of sp³-hybridized carbons (Fsp3) is 0.909. The summed E-state index contributed by atoms with van der Waals surface area (Å²) in [7, 11) is 6.43. The van der Waals surface area contributed by atoms with E-state index in [-0.39, 0.29) is 36.2 Å². The van der Waals surface area contributed by atoms with Crippen LogP contribution in [-0.4, -0.2) is 203 Å². The molecule has 76 heavy (non-hydrogen) atoms. The zero-order valence-corrected chi connectivity index (χ0v) is 46.1. The van der Waals surface area contributed by atoms with Gasteiger partial charge in [-0.1, -0.05) is 18.6 Å². The Morgan fingerprint density at radius 2 is 1.08 bits per heavy atom. The maximum atomic E-state index is 13.8. The van der Waals surface area contributed by atoms with Crippen molar-refractivity contribution >= 4 is 5.97 Å². The molecule has 0 radical (unpaired) electrons. The third-order valence-electron chi connectivity index (χ3n) is 18.7. The van der Waals surface area contributed by atoms with Crippen molar-refractivity contribution in [1.29, 1.82) is 0 Å². The largest absolute Gasteiger partial charge is 0.469 e. The quantitative estimate of drug-likeness (QED) is 0.164. The average molecular weight is 1080 g/mol. The molecular formula is C55H86O21. The van der Waals surface area contributed by atoms with Crippen molar-refractivity contribution in [3.05, 3.63) is 23.5 Å². The minimum Gasteiger partial charge on any atom is -0.469 e. The molecule has 8 aliphatic heterocycles. The Morgan fingerprint density at radius 3 is 1.62 bits per heavy atom. The first-order chi connectivity index (χ1) is 36.3. The Labute approximate surface area is 446 Å². The van der Waals surface area contributed by atoms with Crippen molar-refractivity contribution in [2.45, 2.75) is 260 Å². The lowest BCUT2D eigenvalue weighted by atomic mass is 9.55. The smallest absolute Gasteiger partial charge is 0.309 e. The van der Waals surface area contributed by atoms with Crippen LogP contribution in [0.4, 0.5) is 0 Å². The van der Waals surface area contributed by atoms with Crippen molar-refractivity contribution in [2.75, 3.05) is 35.0 Å². The molecule has 0 amide bonds. The molecule has 10 rings (SSSR count). The topological polar surface area (TPSA) is 235 Å². The van der Waals surface area contributed by atoms with Crippen LogP contribution in [0.2, 0.25) is 0 Å². The van der Waals surface area contributed by atoms with Crippen LogP contribution in [-0.2, 0) is 85.3 Å². The molecule has 432 valence electrons. The van der Waals surface area contributed by atoms with E-state index in [4.69, 9.17) is 80.5 Å². The maximum absolute atomic E-state index is 13.8. The molecule has 2 aliphatic carbocycles. The van der Waals surface area contributed by atoms with Gasteiger partial charge in [0.05, 0.1) is 98.0 Å². The lowest BCUT2D eigenvalue weighted by molar-refractivity contribution is -0.351. The molecule has 0 unspecified atom stereocenters. The number of carbonyl (C=O) groups excluding carboxylic acids is 1. The Morgan fingerprint density at radius 1 is 0.592 bits per heavy atom. The van der Waals surface area contributed by atoms with Crippen molar-refractivity contribution < 1.29 is 101 Å². The highest BCUT2D eigenvalue weighted by Gasteiger charge is 2.59. The Kier molecular flexibility index (Phi) is 17.7. The molecule has 21 heteroatoms. The van der Waals surface area contributed by atoms with Crippen LogP contribution in [0.25, 0.3) is 0 Å². The Hall–Kier alpha value is -1.97. The number of hydrogen-bond donors (Lipinski definition) is 3. The van der Waals surface area contributed by atoms with E-state index in [0.29, 0.717) is 51.6 Å². The zero-order chi connectivity index (χ0) is 54.0. The first kappa shape index (κ1) is 57.3. The predicted octanol–water partition coefficient (Wildman–Crippen LogP) is 4.07. The van der Waals surface area contributed by atoms with Gasteiger partial charge in [0.25, 0.3) is 0 Å². The summed E-state index contributed by atoms with van der Waals surface area (Å²) in [5.74, 6) is -1.47. The van der Waals surface area contributed by atoms with Gasteiger partial charge in [-0.05, 0) is 83.6 Å². The van der Waals surface area contributed by atoms with E-state index >= 15 is 0 Å². The normalized spacial score (nSPS) is 51.6. The van der Waals surface area contributed by atoms with Gasteiger partial charge >= 0.3 is 5.97 Å². The van der Waals surface area contributed by atoms with Gasteiger partial charge in [-0.2, -0.15) is 0 Å². The molecule has 28 atom stereocenters. The molecule has 1 saturated carbocycles. The summed E-state index contributed by atoms with van der Waals surface area (Å²) in [6.45, 7) is 13.7. The van der Waals surface area contributed by atoms with Crippen LogP contribution in [0.5, 0.6) is 0 Å². The molecule has 0 aromatic carbocycles. The number of allylic oxidation sites excluding steroid dienone is 1. The zero-order valence-electron chi connectivity index (χ0n) is 46.1. The van der Waals surface area contributed by atoms with E-state index in [1.165, 1.54) is 5.57 Å². The number of carbonyl (C=O) groups is 1. The number of methoxy groups -OCH3 is 4. The molecule has 21 nitrogen and oxygen atoms in total. The lowest BCUT2D eigenvalue weighted by Crippen LogP contribution is -2.58. The van der Waals surface area contributed by atoms with Gasteiger partial charge in [-0.3, -0.25) is 4.79 Å². The summed E-state index contributed by atoms with van der Waals surface area (Å²) in [6, 6.07) is 0. The predicted molar refractivity (Wildman–Crippen MR) is 263 cm³/mol. The standard InChI is InChI=1S/C55H86O21/c1-25-48(58)37(60-8)18-44(66-25)75-52-29(5)69-45(20-39(52)62-10)73-49-26(2)67-42(17-34(49)56)74-50-28(4)70-46(21-40(50)63-11)76-51-27(3)68-43(19-38(51)61-9)71-36-16-31-13-14-32-33(54(31,6)22-35(36)57)15-12-30-23-64-55(7)47(30)41(24-65-55)72-53(32)59/h13,23,25-29,32-52,56-58H,12,14-22,24H2,1-11H3/t25-,26+,27+,28-,29+,32+,33-,34-,35+,36+,37+,38-,39-,40+,41+,42-,43-,44-,45-,46-,47+,48-,49+,50+,51+,52+,54-,55-/m0/s1. The van der Waals surface area contributed by atoms with Crippen LogP contribution in [0.3, 0.4) is 0 Å². The van der Waals surface area contributed by atoms with Crippen molar-refractivity contribution in [3.63, 3.8) is 0 Å². The average Bonchev–Trinajstić information content (AvgIpc) is 3.94. The third kappa shape index (κ3) is 11.3. The van der Waals surface area contributed by atoms with Gasteiger partial charge in [-0.25, -0.2) is 0 Å². The summed E-state index contributed by atoms with van der Waals surface area (Å²) in [5, 5.41) is 33.8.